The maximum atomic E-state index is 12.0. The van der Waals surface area contributed by atoms with Crippen LogP contribution in [0.1, 0.15) is 27.6 Å². The van der Waals surface area contributed by atoms with Crippen LogP contribution in [0.3, 0.4) is 0 Å². The zero-order chi connectivity index (χ0) is 17.5. The monoisotopic (exact) mass is 328 g/mol. The van der Waals surface area contributed by atoms with Crippen LogP contribution in [0.25, 0.3) is 0 Å². The predicted molar refractivity (Wildman–Crippen MR) is 88.4 cm³/mol. The highest BCUT2D eigenvalue weighted by Gasteiger charge is 2.09. The summed E-state index contributed by atoms with van der Waals surface area (Å²) in [6, 6.07) is 11.6. The van der Waals surface area contributed by atoms with Gasteiger partial charge in [0, 0.05) is 11.4 Å². The van der Waals surface area contributed by atoms with E-state index in [1.165, 1.54) is 30.3 Å². The first kappa shape index (κ1) is 17.0. The molecule has 0 radical (unpaired) electrons. The van der Waals surface area contributed by atoms with E-state index in [4.69, 9.17) is 9.84 Å². The lowest BCUT2D eigenvalue weighted by Crippen LogP contribution is -2.19. The maximum Gasteiger partial charge on any atom is 0.338 e. The van der Waals surface area contributed by atoms with Gasteiger partial charge in [-0.05, 0) is 49.4 Å². The Bertz CT molecular complexity index is 756. The number of aromatic carboxylic acids is 1. The first-order chi connectivity index (χ1) is 11.5. The number of esters is 1. The fourth-order valence-electron chi connectivity index (χ4n) is 1.93. The van der Waals surface area contributed by atoms with Gasteiger partial charge in [-0.3, -0.25) is 0 Å². The number of hydrogen-bond acceptors (Lipinski definition) is 4. The van der Waals surface area contributed by atoms with Crippen molar-refractivity contribution in [2.45, 2.75) is 6.92 Å². The number of carboxylic acids is 1. The van der Waals surface area contributed by atoms with E-state index in [0.717, 1.165) is 0 Å². The molecule has 7 heteroatoms. The summed E-state index contributed by atoms with van der Waals surface area (Å²) in [4.78, 5) is 34.4. The molecule has 0 saturated carbocycles. The van der Waals surface area contributed by atoms with Crippen LogP contribution >= 0.6 is 0 Å². The van der Waals surface area contributed by atoms with Crippen molar-refractivity contribution in [1.29, 1.82) is 0 Å². The first-order valence-corrected chi connectivity index (χ1v) is 7.18. The first-order valence-electron chi connectivity index (χ1n) is 7.18. The van der Waals surface area contributed by atoms with Crippen LogP contribution < -0.4 is 10.6 Å². The van der Waals surface area contributed by atoms with Crippen molar-refractivity contribution in [1.82, 2.24) is 0 Å². The molecule has 2 amide bonds. The van der Waals surface area contributed by atoms with Crippen molar-refractivity contribution in [3.8, 4) is 0 Å². The van der Waals surface area contributed by atoms with Gasteiger partial charge in [-0.15, -0.1) is 0 Å². The smallest absolute Gasteiger partial charge is 0.338 e. The summed E-state index contributed by atoms with van der Waals surface area (Å²) in [6.07, 6.45) is 0. The molecule has 0 aromatic heterocycles. The standard InChI is InChI=1S/C17H16N2O5/c1-2-24-16(22)12-4-3-5-14(10-12)19-17(23)18-13-8-6-11(7-9-13)15(20)21/h3-10H,2H2,1H3,(H,20,21)(H2,18,19,23). The number of carbonyl (C=O) groups excluding carboxylic acids is 2. The minimum Gasteiger partial charge on any atom is -0.478 e. The largest absolute Gasteiger partial charge is 0.478 e. The number of anilines is 2. The molecule has 2 aromatic carbocycles. The molecule has 2 rings (SSSR count). The number of amides is 2. The molecule has 0 atom stereocenters. The highest BCUT2D eigenvalue weighted by Crippen LogP contribution is 2.14. The van der Waals surface area contributed by atoms with E-state index in [0.29, 0.717) is 16.9 Å². The number of carbonyl (C=O) groups is 3. The Morgan fingerprint density at radius 2 is 1.62 bits per heavy atom. The highest BCUT2D eigenvalue weighted by atomic mass is 16.5. The van der Waals surface area contributed by atoms with Gasteiger partial charge in [0.1, 0.15) is 0 Å². The number of ether oxygens (including phenoxy) is 1. The van der Waals surface area contributed by atoms with E-state index in [1.807, 2.05) is 0 Å². The van der Waals surface area contributed by atoms with Crippen LogP contribution in [0, 0.1) is 0 Å². The van der Waals surface area contributed by atoms with Gasteiger partial charge in [0.2, 0.25) is 0 Å². The van der Waals surface area contributed by atoms with Gasteiger partial charge < -0.3 is 20.5 Å². The molecule has 0 fully saturated rings. The molecule has 24 heavy (non-hydrogen) atoms. The van der Waals surface area contributed by atoms with Crippen molar-refractivity contribution in [3.63, 3.8) is 0 Å². The van der Waals surface area contributed by atoms with Crippen molar-refractivity contribution in [2.75, 3.05) is 17.2 Å². The third-order valence-corrected chi connectivity index (χ3v) is 3.02. The second-order valence-electron chi connectivity index (χ2n) is 4.76. The van der Waals surface area contributed by atoms with Crippen LogP contribution in [0.15, 0.2) is 48.5 Å². The van der Waals surface area contributed by atoms with E-state index in [-0.39, 0.29) is 12.2 Å². The second-order valence-corrected chi connectivity index (χ2v) is 4.76. The minimum atomic E-state index is -1.04. The molecule has 0 aliphatic rings. The van der Waals surface area contributed by atoms with Crippen LogP contribution in [0.2, 0.25) is 0 Å². The molecule has 124 valence electrons. The summed E-state index contributed by atoms with van der Waals surface area (Å²) in [7, 11) is 0. The molecular formula is C17H16N2O5. The third kappa shape index (κ3) is 4.57. The Kier molecular flexibility index (Phi) is 5.51. The van der Waals surface area contributed by atoms with Gasteiger partial charge in [-0.2, -0.15) is 0 Å². The lowest BCUT2D eigenvalue weighted by atomic mass is 10.2. The Balaban J connectivity index is 2.00. The predicted octanol–water partition coefficient (Wildman–Crippen LogP) is 3.21. The molecular weight excluding hydrogens is 312 g/mol. The zero-order valence-corrected chi connectivity index (χ0v) is 12.9. The van der Waals surface area contributed by atoms with E-state index >= 15 is 0 Å². The highest BCUT2D eigenvalue weighted by molar-refractivity contribution is 6.01. The molecule has 0 heterocycles. The van der Waals surface area contributed by atoms with E-state index in [1.54, 1.807) is 25.1 Å². The Morgan fingerprint density at radius 1 is 0.958 bits per heavy atom. The summed E-state index contributed by atoms with van der Waals surface area (Å²) in [5.41, 5.74) is 1.34. The van der Waals surface area contributed by atoms with Crippen molar-refractivity contribution in [2.24, 2.45) is 0 Å². The molecule has 0 unspecified atom stereocenters. The number of hydrogen-bond donors (Lipinski definition) is 3. The fourth-order valence-corrected chi connectivity index (χ4v) is 1.93. The van der Waals surface area contributed by atoms with Gasteiger partial charge in [-0.1, -0.05) is 6.07 Å². The van der Waals surface area contributed by atoms with Gasteiger partial charge >= 0.3 is 18.0 Å². The number of urea groups is 1. The SMILES string of the molecule is CCOC(=O)c1cccc(NC(=O)Nc2ccc(C(=O)O)cc2)c1. The average Bonchev–Trinajstić information content (AvgIpc) is 2.55. The molecule has 0 aliphatic carbocycles. The maximum absolute atomic E-state index is 12.0. The van der Waals surface area contributed by atoms with Gasteiger partial charge in [0.25, 0.3) is 0 Å². The molecule has 0 bridgehead atoms. The number of benzene rings is 2. The summed E-state index contributed by atoms with van der Waals surface area (Å²) in [5, 5.41) is 14.0. The molecule has 0 saturated heterocycles. The van der Waals surface area contributed by atoms with Gasteiger partial charge in [0.15, 0.2) is 0 Å². The summed E-state index contributed by atoms with van der Waals surface area (Å²) in [5.74, 6) is -1.51. The molecule has 0 aliphatic heterocycles. The summed E-state index contributed by atoms with van der Waals surface area (Å²) >= 11 is 0. The lowest BCUT2D eigenvalue weighted by molar-refractivity contribution is 0.0526. The van der Waals surface area contributed by atoms with Gasteiger partial charge in [-0.25, -0.2) is 14.4 Å². The number of carboxylic acid groups (broad SMARTS) is 1. The Hall–Kier alpha value is -3.35. The molecule has 3 N–H and O–H groups in total. The lowest BCUT2D eigenvalue weighted by Gasteiger charge is -2.09. The van der Waals surface area contributed by atoms with Crippen molar-refractivity contribution >= 4 is 29.3 Å². The second kappa shape index (κ2) is 7.77. The zero-order valence-electron chi connectivity index (χ0n) is 12.9. The van der Waals surface area contributed by atoms with E-state index < -0.39 is 18.0 Å². The van der Waals surface area contributed by atoms with Crippen LogP contribution in [0.5, 0.6) is 0 Å². The third-order valence-electron chi connectivity index (χ3n) is 3.02. The Morgan fingerprint density at radius 3 is 2.25 bits per heavy atom. The van der Waals surface area contributed by atoms with Crippen LogP contribution in [-0.2, 0) is 4.74 Å². The van der Waals surface area contributed by atoms with Crippen molar-refractivity contribution < 1.29 is 24.2 Å². The fraction of sp³-hybridized carbons (Fsp3) is 0.118. The quantitative estimate of drug-likeness (QED) is 0.731. The Labute approximate surface area is 138 Å². The topological polar surface area (TPSA) is 105 Å². The summed E-state index contributed by atoms with van der Waals surface area (Å²) < 4.78 is 4.90. The number of nitrogens with one attached hydrogen (secondary N) is 2. The van der Waals surface area contributed by atoms with Gasteiger partial charge in [0.05, 0.1) is 17.7 Å². The van der Waals surface area contributed by atoms with Crippen LogP contribution in [-0.4, -0.2) is 29.7 Å². The number of rotatable bonds is 5. The molecule has 7 nitrogen and oxygen atoms in total. The summed E-state index contributed by atoms with van der Waals surface area (Å²) in [6.45, 7) is 1.98. The minimum absolute atomic E-state index is 0.128. The van der Waals surface area contributed by atoms with E-state index in [9.17, 15) is 14.4 Å². The van der Waals surface area contributed by atoms with Crippen molar-refractivity contribution in [3.05, 3.63) is 59.7 Å². The molecule has 0 spiro atoms. The normalized spacial score (nSPS) is 9.88. The van der Waals surface area contributed by atoms with Crippen LogP contribution in [0.4, 0.5) is 16.2 Å². The average molecular weight is 328 g/mol. The molecule has 2 aromatic rings. The van der Waals surface area contributed by atoms with E-state index in [2.05, 4.69) is 10.6 Å².